The van der Waals surface area contributed by atoms with Gasteiger partial charge in [-0.15, -0.1) is 0 Å². The van der Waals surface area contributed by atoms with Gasteiger partial charge < -0.3 is 4.98 Å². The highest BCUT2D eigenvalue weighted by Gasteiger charge is 2.11. The minimum Gasteiger partial charge on any atom is -0.345 e. The summed E-state index contributed by atoms with van der Waals surface area (Å²) in [6.07, 6.45) is 1.93. The lowest BCUT2D eigenvalue weighted by Crippen LogP contribution is -1.99. The molecule has 0 unspecified atom stereocenters. The molecule has 0 aliphatic heterocycles. The molecule has 66 valence electrons. The Hall–Kier alpha value is -1.25. The fourth-order valence-corrected chi connectivity index (χ4v) is 1.71. The quantitative estimate of drug-likeness (QED) is 0.691. The summed E-state index contributed by atoms with van der Waals surface area (Å²) in [4.78, 5) is 3.10. The highest BCUT2D eigenvalue weighted by molar-refractivity contribution is 5.79. The van der Waals surface area contributed by atoms with Crippen molar-refractivity contribution in [2.45, 2.75) is 19.8 Å². The van der Waals surface area contributed by atoms with Crippen LogP contribution in [-0.4, -0.2) is 14.8 Å². The van der Waals surface area contributed by atoms with Crippen molar-refractivity contribution < 1.29 is 1.43 Å². The second kappa shape index (κ2) is 2.37. The average molecular weight is 165 g/mol. The van der Waals surface area contributed by atoms with Crippen LogP contribution in [0, 0.1) is 0 Å². The first-order chi connectivity index (χ1) is 5.70. The van der Waals surface area contributed by atoms with E-state index in [0.29, 0.717) is 5.92 Å². The van der Waals surface area contributed by atoms with Gasteiger partial charge in [-0.1, -0.05) is 13.8 Å². The lowest BCUT2D eigenvalue weighted by atomic mass is 10.1. The highest BCUT2D eigenvalue weighted by atomic mass is 15.3. The Labute approximate surface area is 72.9 Å². The molecule has 12 heavy (non-hydrogen) atoms. The topological polar surface area (TPSA) is 33.6 Å². The van der Waals surface area contributed by atoms with Crippen molar-refractivity contribution >= 4 is 11.0 Å². The number of H-pyrrole nitrogens is 1. The molecular weight excluding hydrogens is 150 g/mol. The monoisotopic (exact) mass is 165 g/mol. The predicted octanol–water partition coefficient (Wildman–Crippen LogP) is 2.27. The van der Waals surface area contributed by atoms with Gasteiger partial charge in [-0.2, -0.15) is 5.10 Å². The summed E-state index contributed by atoms with van der Waals surface area (Å²) in [5, 5.41) is 5.60. The van der Waals surface area contributed by atoms with Crippen LogP contribution in [0.2, 0.25) is 0 Å². The largest absolute Gasteiger partial charge is 0.345 e. The smallest absolute Gasteiger partial charge is 0.159 e. The second-order valence-electron chi connectivity index (χ2n) is 3.40. The number of aromatic nitrogens is 3. The fraction of sp³-hybridized carbons (Fsp3) is 0.444. The van der Waals surface area contributed by atoms with Crippen molar-refractivity contribution in [3.63, 3.8) is 0 Å². The summed E-state index contributed by atoms with van der Waals surface area (Å²) >= 11 is 0. The summed E-state index contributed by atoms with van der Waals surface area (Å²) in [7, 11) is 1.99. The minimum atomic E-state index is 0. The van der Waals surface area contributed by atoms with E-state index in [-0.39, 0.29) is 1.43 Å². The first-order valence-electron chi connectivity index (χ1n) is 4.20. The molecule has 3 nitrogen and oxygen atoms in total. The van der Waals surface area contributed by atoms with Crippen molar-refractivity contribution in [2.24, 2.45) is 7.05 Å². The van der Waals surface area contributed by atoms with Crippen LogP contribution in [0.15, 0.2) is 12.3 Å². The molecule has 0 aromatic carbocycles. The lowest BCUT2D eigenvalue weighted by molar-refractivity contribution is 0.675. The molecule has 0 aliphatic carbocycles. The van der Waals surface area contributed by atoms with Crippen molar-refractivity contribution in [1.29, 1.82) is 0 Å². The van der Waals surface area contributed by atoms with E-state index in [0.717, 1.165) is 5.65 Å². The number of rotatable bonds is 1. The van der Waals surface area contributed by atoms with E-state index < -0.39 is 0 Å². The Morgan fingerprint density at radius 3 is 3.00 bits per heavy atom. The van der Waals surface area contributed by atoms with Crippen LogP contribution >= 0.6 is 0 Å². The van der Waals surface area contributed by atoms with Gasteiger partial charge in [-0.3, -0.25) is 4.68 Å². The summed E-state index contributed by atoms with van der Waals surface area (Å²) in [5.41, 5.74) is 2.28. The molecule has 0 bridgehead atoms. The van der Waals surface area contributed by atoms with Crippen molar-refractivity contribution in [3.8, 4) is 0 Å². The van der Waals surface area contributed by atoms with Crippen LogP contribution in [0.1, 0.15) is 26.9 Å². The Bertz CT molecular complexity index is 400. The van der Waals surface area contributed by atoms with E-state index >= 15 is 0 Å². The molecule has 0 spiro atoms. The summed E-state index contributed by atoms with van der Waals surface area (Å²) in [5.74, 6) is 0.524. The van der Waals surface area contributed by atoms with E-state index in [1.165, 1.54) is 11.1 Å². The number of nitrogens with zero attached hydrogens (tertiary/aromatic N) is 2. The fourth-order valence-electron chi connectivity index (χ4n) is 1.71. The summed E-state index contributed by atoms with van der Waals surface area (Å²) in [6, 6.07) is 2.08. The number of fused-ring (bicyclic) bond motifs is 1. The third-order valence-corrected chi connectivity index (χ3v) is 2.15. The molecule has 2 aromatic heterocycles. The third-order valence-electron chi connectivity index (χ3n) is 2.15. The van der Waals surface area contributed by atoms with Gasteiger partial charge in [0.2, 0.25) is 0 Å². The Balaban J connectivity index is 0.000000845. The number of aromatic amines is 1. The zero-order valence-corrected chi connectivity index (χ0v) is 7.63. The van der Waals surface area contributed by atoms with Crippen molar-refractivity contribution in [3.05, 3.63) is 18.0 Å². The molecule has 2 aromatic rings. The number of aryl methyl sites for hydroxylation is 1. The van der Waals surface area contributed by atoms with Gasteiger partial charge in [0.25, 0.3) is 0 Å². The standard InChI is InChI=1S/C9H13N3.H2/c1-6(2)8-7-4-5-10-9(7)11-12(8)3;/h4-6H,1-3H3,(H,10,11);1H. The van der Waals surface area contributed by atoms with Crippen LogP contribution in [0.4, 0.5) is 0 Å². The SMILES string of the molecule is CC(C)c1c2cc[nH]c2nn1C.[HH]. The zero-order valence-electron chi connectivity index (χ0n) is 7.63. The van der Waals surface area contributed by atoms with E-state index in [4.69, 9.17) is 0 Å². The summed E-state index contributed by atoms with van der Waals surface area (Å²) in [6.45, 7) is 4.37. The van der Waals surface area contributed by atoms with Gasteiger partial charge in [0.05, 0.1) is 5.69 Å². The van der Waals surface area contributed by atoms with Gasteiger partial charge >= 0.3 is 0 Å². The van der Waals surface area contributed by atoms with Crippen LogP contribution in [0.25, 0.3) is 11.0 Å². The first-order valence-corrected chi connectivity index (χ1v) is 4.20. The zero-order chi connectivity index (χ0) is 8.72. The third kappa shape index (κ3) is 0.858. The van der Waals surface area contributed by atoms with Crippen LogP contribution in [0.5, 0.6) is 0 Å². The molecule has 2 heterocycles. The molecule has 0 saturated heterocycles. The molecule has 0 radical (unpaired) electrons. The maximum absolute atomic E-state index is 4.36. The number of hydrogen-bond donors (Lipinski definition) is 1. The molecule has 0 aliphatic rings. The van der Waals surface area contributed by atoms with E-state index in [1.54, 1.807) is 0 Å². The van der Waals surface area contributed by atoms with Crippen molar-refractivity contribution in [1.82, 2.24) is 14.8 Å². The molecular formula is C9H15N3. The highest BCUT2D eigenvalue weighted by Crippen LogP contribution is 2.23. The maximum Gasteiger partial charge on any atom is 0.159 e. The number of hydrogen-bond acceptors (Lipinski definition) is 1. The normalized spacial score (nSPS) is 11.7. The van der Waals surface area contributed by atoms with Crippen molar-refractivity contribution in [2.75, 3.05) is 0 Å². The molecule has 1 N–H and O–H groups in total. The van der Waals surface area contributed by atoms with Gasteiger partial charge in [-0.05, 0) is 12.0 Å². The lowest BCUT2D eigenvalue weighted by Gasteiger charge is -2.04. The van der Waals surface area contributed by atoms with Gasteiger partial charge in [0, 0.05) is 20.1 Å². The second-order valence-corrected chi connectivity index (χ2v) is 3.40. The molecule has 0 fully saturated rings. The molecule has 0 atom stereocenters. The summed E-state index contributed by atoms with van der Waals surface area (Å²) < 4.78 is 1.95. The Morgan fingerprint density at radius 1 is 1.58 bits per heavy atom. The molecule has 0 amide bonds. The van der Waals surface area contributed by atoms with Crippen LogP contribution in [0.3, 0.4) is 0 Å². The predicted molar refractivity (Wildman–Crippen MR) is 51.3 cm³/mol. The molecule has 3 heteroatoms. The van der Waals surface area contributed by atoms with E-state index in [1.807, 2.05) is 17.9 Å². The Kier molecular flexibility index (Phi) is 1.46. The van der Waals surface area contributed by atoms with Crippen LogP contribution < -0.4 is 0 Å². The van der Waals surface area contributed by atoms with Crippen LogP contribution in [-0.2, 0) is 7.05 Å². The number of nitrogens with one attached hydrogen (secondary N) is 1. The van der Waals surface area contributed by atoms with E-state index in [2.05, 4.69) is 30.0 Å². The first kappa shape index (κ1) is 7.40. The van der Waals surface area contributed by atoms with Gasteiger partial charge in [0.1, 0.15) is 0 Å². The van der Waals surface area contributed by atoms with E-state index in [9.17, 15) is 0 Å². The minimum absolute atomic E-state index is 0. The molecule has 0 saturated carbocycles. The maximum atomic E-state index is 4.36. The molecule has 2 rings (SSSR count). The average Bonchev–Trinajstić information content (AvgIpc) is 2.44. The van der Waals surface area contributed by atoms with Gasteiger partial charge in [0.15, 0.2) is 5.65 Å². The van der Waals surface area contributed by atoms with Gasteiger partial charge in [-0.25, -0.2) is 0 Å². The Morgan fingerprint density at radius 2 is 2.33 bits per heavy atom.